The summed E-state index contributed by atoms with van der Waals surface area (Å²) in [4.78, 5) is 69.4. The maximum Gasteiger partial charge on any atom is 0.303 e. The van der Waals surface area contributed by atoms with Gasteiger partial charge in [0.15, 0.2) is 0 Å². The van der Waals surface area contributed by atoms with E-state index in [1.54, 1.807) is 49.4 Å². The molecule has 2 saturated heterocycles. The second-order valence-corrected chi connectivity index (χ2v) is 12.5. The second kappa shape index (κ2) is 11.2. The van der Waals surface area contributed by atoms with E-state index in [1.165, 1.54) is 23.0 Å². The van der Waals surface area contributed by atoms with E-state index in [9.17, 15) is 29.1 Å². The zero-order valence-electron chi connectivity index (χ0n) is 24.8. The van der Waals surface area contributed by atoms with Crippen molar-refractivity contribution < 1.29 is 38.9 Å². The molecular weight excluding hydrogens is 564 g/mol. The lowest BCUT2D eigenvalue weighted by molar-refractivity contribution is -0.141. The highest BCUT2D eigenvalue weighted by Gasteiger charge is 2.67. The molecule has 4 aliphatic rings. The largest absolute Gasteiger partial charge is 0.508 e. The summed E-state index contributed by atoms with van der Waals surface area (Å²) in [5.41, 5.74) is 0.424. The molecule has 0 radical (unpaired) electrons. The van der Waals surface area contributed by atoms with E-state index in [-0.39, 0.29) is 48.8 Å². The van der Waals surface area contributed by atoms with Crippen molar-refractivity contribution in [3.05, 3.63) is 65.7 Å². The number of rotatable bonds is 9. The summed E-state index contributed by atoms with van der Waals surface area (Å²) < 4.78 is 5.47. The van der Waals surface area contributed by atoms with Crippen molar-refractivity contribution in [2.24, 2.45) is 29.1 Å². The minimum Gasteiger partial charge on any atom is -0.508 e. The first-order valence-electron chi connectivity index (χ1n) is 15.2. The normalized spacial score (nSPS) is 29.3. The number of carbonyl (C=O) groups is 5. The van der Waals surface area contributed by atoms with Gasteiger partial charge in [-0.15, -0.1) is 0 Å². The zero-order valence-corrected chi connectivity index (χ0v) is 24.8. The lowest BCUT2D eigenvalue weighted by atomic mass is 9.51. The van der Waals surface area contributed by atoms with Crippen molar-refractivity contribution in [3.8, 4) is 11.5 Å². The van der Waals surface area contributed by atoms with Crippen LogP contribution in [-0.4, -0.2) is 58.4 Å². The third-order valence-electron chi connectivity index (χ3n) is 10.2. The van der Waals surface area contributed by atoms with Gasteiger partial charge in [-0.3, -0.25) is 28.9 Å². The quantitative estimate of drug-likeness (QED) is 0.247. The highest BCUT2D eigenvalue weighted by molar-refractivity contribution is 6.24. The Morgan fingerprint density at radius 3 is 2.43 bits per heavy atom. The van der Waals surface area contributed by atoms with E-state index in [1.807, 2.05) is 6.08 Å². The van der Waals surface area contributed by atoms with Gasteiger partial charge in [0, 0.05) is 24.4 Å². The minimum atomic E-state index is -1.26. The number of hydrogen-bond donors (Lipinski definition) is 2. The van der Waals surface area contributed by atoms with E-state index < -0.39 is 41.0 Å². The Morgan fingerprint density at radius 1 is 0.977 bits per heavy atom. The van der Waals surface area contributed by atoms with Crippen LogP contribution in [0, 0.1) is 29.1 Å². The van der Waals surface area contributed by atoms with Crippen molar-refractivity contribution >= 4 is 35.3 Å². The monoisotopic (exact) mass is 600 g/mol. The third kappa shape index (κ3) is 4.50. The summed E-state index contributed by atoms with van der Waals surface area (Å²) >= 11 is 0. The maximum absolute atomic E-state index is 14.4. The number of benzene rings is 2. The van der Waals surface area contributed by atoms with Gasteiger partial charge < -0.3 is 14.9 Å². The highest BCUT2D eigenvalue weighted by atomic mass is 16.5. The van der Waals surface area contributed by atoms with Crippen LogP contribution in [0.15, 0.2) is 60.2 Å². The van der Waals surface area contributed by atoms with Gasteiger partial charge in [0.05, 0.1) is 36.0 Å². The van der Waals surface area contributed by atoms with Crippen LogP contribution in [0.2, 0.25) is 0 Å². The smallest absolute Gasteiger partial charge is 0.303 e. The molecular formula is C34H36N2O8. The number of carboxylic acids is 1. The molecule has 4 amide bonds. The third-order valence-corrected chi connectivity index (χ3v) is 10.2. The number of carboxylic acid groups (broad SMARTS) is 1. The Bertz CT molecular complexity index is 1570. The van der Waals surface area contributed by atoms with Gasteiger partial charge in [0.25, 0.3) is 0 Å². The van der Waals surface area contributed by atoms with Gasteiger partial charge >= 0.3 is 5.97 Å². The topological polar surface area (TPSA) is 142 Å². The molecule has 6 rings (SSSR count). The Hall–Kier alpha value is -4.47. The predicted octanol–water partition coefficient (Wildman–Crippen LogP) is 4.28. The number of unbranched alkanes of at least 4 members (excludes halogenated alkanes) is 2. The first-order valence-corrected chi connectivity index (χ1v) is 15.2. The number of anilines is 1. The first kappa shape index (κ1) is 29.6. The summed E-state index contributed by atoms with van der Waals surface area (Å²) in [6.45, 7) is 1.99. The summed E-state index contributed by atoms with van der Waals surface area (Å²) in [6.07, 6.45) is 4.07. The van der Waals surface area contributed by atoms with Crippen LogP contribution in [0.5, 0.6) is 11.5 Å². The van der Waals surface area contributed by atoms with Gasteiger partial charge in [0.2, 0.25) is 23.6 Å². The number of amides is 4. The Morgan fingerprint density at radius 2 is 1.73 bits per heavy atom. The Kier molecular flexibility index (Phi) is 7.55. The average Bonchev–Trinajstić information content (AvgIpc) is 3.37. The molecule has 0 spiro atoms. The van der Waals surface area contributed by atoms with E-state index in [0.717, 1.165) is 5.57 Å². The van der Waals surface area contributed by atoms with Crippen LogP contribution >= 0.6 is 0 Å². The number of phenolic OH excluding ortho intramolecular Hbond substituents is 1. The molecule has 2 aromatic rings. The number of hydrogen-bond acceptors (Lipinski definition) is 7. The molecule has 10 nitrogen and oxygen atoms in total. The molecule has 10 heteroatoms. The van der Waals surface area contributed by atoms with Crippen LogP contribution in [0.4, 0.5) is 5.69 Å². The first-order chi connectivity index (χ1) is 21.1. The number of likely N-dealkylation sites (tertiary alicyclic amines) is 1. The SMILES string of the molecule is COc1ccc(O)c(C2C3=CCC4C(=O)N(CCCCCC(=O)O)C(=O)C4C3CC3C(=O)N(c4ccccc4)C(=O)C32C)c1. The summed E-state index contributed by atoms with van der Waals surface area (Å²) in [5.74, 6) is -4.98. The van der Waals surface area contributed by atoms with Crippen molar-refractivity contribution in [1.29, 1.82) is 0 Å². The van der Waals surface area contributed by atoms with Crippen LogP contribution in [-0.2, 0) is 24.0 Å². The number of allylic oxidation sites excluding steroid dienone is 2. The number of phenols is 1. The average molecular weight is 601 g/mol. The fourth-order valence-corrected chi connectivity index (χ4v) is 8.08. The van der Waals surface area contributed by atoms with Gasteiger partial charge in [0.1, 0.15) is 11.5 Å². The predicted molar refractivity (Wildman–Crippen MR) is 159 cm³/mol. The minimum absolute atomic E-state index is 0.0356. The molecule has 6 atom stereocenters. The molecule has 2 N–H and O–H groups in total. The van der Waals surface area contributed by atoms with E-state index in [4.69, 9.17) is 9.84 Å². The zero-order chi connectivity index (χ0) is 31.3. The van der Waals surface area contributed by atoms with Crippen molar-refractivity contribution in [3.63, 3.8) is 0 Å². The number of nitrogens with zero attached hydrogens (tertiary/aromatic N) is 2. The summed E-state index contributed by atoms with van der Waals surface area (Å²) in [7, 11) is 1.51. The molecule has 2 aliphatic carbocycles. The van der Waals surface area contributed by atoms with Crippen LogP contribution in [0.3, 0.4) is 0 Å². The molecule has 2 aromatic carbocycles. The second-order valence-electron chi connectivity index (χ2n) is 12.5. The Balaban J connectivity index is 1.40. The molecule has 44 heavy (non-hydrogen) atoms. The summed E-state index contributed by atoms with van der Waals surface area (Å²) in [6, 6.07) is 13.6. The van der Waals surface area contributed by atoms with Gasteiger partial charge in [-0.25, -0.2) is 4.90 Å². The number of carbonyl (C=O) groups excluding carboxylic acids is 4. The molecule has 2 heterocycles. The van der Waals surface area contributed by atoms with Gasteiger partial charge in [-0.1, -0.05) is 36.3 Å². The Labute approximate surface area is 255 Å². The van der Waals surface area contributed by atoms with E-state index in [0.29, 0.717) is 42.7 Å². The van der Waals surface area contributed by atoms with Crippen LogP contribution < -0.4 is 9.64 Å². The van der Waals surface area contributed by atoms with E-state index >= 15 is 0 Å². The van der Waals surface area contributed by atoms with Crippen LogP contribution in [0.25, 0.3) is 0 Å². The number of imide groups is 2. The highest BCUT2D eigenvalue weighted by Crippen LogP contribution is 2.64. The number of ether oxygens (including phenoxy) is 1. The van der Waals surface area contributed by atoms with Crippen molar-refractivity contribution in [1.82, 2.24) is 4.90 Å². The van der Waals surface area contributed by atoms with Gasteiger partial charge in [-0.05, 0) is 68.9 Å². The maximum atomic E-state index is 14.4. The van der Waals surface area contributed by atoms with Gasteiger partial charge in [-0.2, -0.15) is 0 Å². The molecule has 6 unspecified atom stereocenters. The fourth-order valence-electron chi connectivity index (χ4n) is 8.08. The van der Waals surface area contributed by atoms with Crippen molar-refractivity contribution in [2.45, 2.75) is 51.4 Å². The molecule has 2 aliphatic heterocycles. The molecule has 0 aromatic heterocycles. The lowest BCUT2D eigenvalue weighted by Gasteiger charge is -2.49. The van der Waals surface area contributed by atoms with Crippen molar-refractivity contribution in [2.75, 3.05) is 18.6 Å². The number of methoxy groups -OCH3 is 1. The number of aromatic hydroxyl groups is 1. The number of fused-ring (bicyclic) bond motifs is 4. The number of aliphatic carboxylic acids is 1. The molecule has 0 bridgehead atoms. The lowest BCUT2D eigenvalue weighted by Crippen LogP contribution is -2.48. The van der Waals surface area contributed by atoms with E-state index in [2.05, 4.69) is 0 Å². The summed E-state index contributed by atoms with van der Waals surface area (Å²) in [5, 5.41) is 20.1. The standard InChI is InChI=1S/C34H36N2O8/c1-34-25(31(41)36(33(34)43)19-9-5-3-6-10-19)18-23-21(29(34)24-17-20(44-2)12-15-26(24)37)13-14-22-28(23)32(42)35(30(22)40)16-8-4-7-11-27(38)39/h3,5-6,9-10,12-13,15,17,22-23,25,28-29,37H,4,7-8,11,14,16,18H2,1-2H3,(H,38,39). The number of para-hydroxylation sites is 1. The fraction of sp³-hybridized carbons (Fsp3) is 0.441. The molecule has 1 saturated carbocycles. The molecule has 3 fully saturated rings. The van der Waals surface area contributed by atoms with Crippen LogP contribution in [0.1, 0.15) is 56.9 Å². The molecule has 230 valence electrons.